The van der Waals surface area contributed by atoms with Crippen molar-refractivity contribution in [2.24, 2.45) is 0 Å². The van der Waals surface area contributed by atoms with Gasteiger partial charge in [0.2, 0.25) is 0 Å². The van der Waals surface area contributed by atoms with E-state index in [1.165, 1.54) is 5.57 Å². The van der Waals surface area contributed by atoms with Gasteiger partial charge >= 0.3 is 0 Å². The Morgan fingerprint density at radius 2 is 2.20 bits per heavy atom. The van der Waals surface area contributed by atoms with Crippen LogP contribution in [0.25, 0.3) is 0 Å². The Morgan fingerprint density at radius 1 is 1.40 bits per heavy atom. The van der Waals surface area contributed by atoms with E-state index < -0.39 is 0 Å². The molecule has 1 aromatic rings. The molecule has 20 heavy (non-hydrogen) atoms. The third-order valence-corrected chi connectivity index (χ3v) is 3.12. The van der Waals surface area contributed by atoms with Crippen molar-refractivity contribution in [1.82, 2.24) is 10.6 Å². The molecular weight excluding hydrogens is 252 g/mol. The van der Waals surface area contributed by atoms with Crippen LogP contribution in [-0.2, 0) is 0 Å². The molecule has 0 atom stereocenters. The Morgan fingerprint density at radius 3 is 2.85 bits per heavy atom. The zero-order valence-corrected chi connectivity index (χ0v) is 11.5. The molecule has 1 heterocycles. The summed E-state index contributed by atoms with van der Waals surface area (Å²) in [5, 5.41) is 6.19. The standard InChI is InChI=1S/C16H20N2O2/c1-2-11-20-15-5-3-14(4-6-15)16(19)18-12-13-7-9-17-10-8-13/h2-7,17H,1,8-12H2,(H,18,19). The Kier molecular flexibility index (Phi) is 5.38. The predicted octanol–water partition coefficient (Wildman–Crippen LogP) is 1.90. The summed E-state index contributed by atoms with van der Waals surface area (Å²) in [6, 6.07) is 7.12. The monoisotopic (exact) mass is 272 g/mol. The van der Waals surface area contributed by atoms with E-state index in [0.29, 0.717) is 18.7 Å². The molecule has 1 aliphatic rings. The molecule has 0 spiro atoms. The number of rotatable bonds is 6. The Balaban J connectivity index is 1.85. The summed E-state index contributed by atoms with van der Waals surface area (Å²) in [5.41, 5.74) is 1.92. The predicted molar refractivity (Wildman–Crippen MR) is 80.0 cm³/mol. The van der Waals surface area contributed by atoms with Crippen molar-refractivity contribution in [3.05, 3.63) is 54.1 Å². The zero-order chi connectivity index (χ0) is 14.2. The molecule has 0 saturated carbocycles. The molecular formula is C16H20N2O2. The van der Waals surface area contributed by atoms with E-state index in [1.54, 1.807) is 30.3 Å². The van der Waals surface area contributed by atoms with Gasteiger partial charge < -0.3 is 15.4 Å². The lowest BCUT2D eigenvalue weighted by atomic mass is 10.1. The first-order chi connectivity index (χ1) is 9.79. The first kappa shape index (κ1) is 14.3. The average molecular weight is 272 g/mol. The number of hydrogen-bond donors (Lipinski definition) is 2. The van der Waals surface area contributed by atoms with Gasteiger partial charge in [0, 0.05) is 18.7 Å². The van der Waals surface area contributed by atoms with Gasteiger partial charge in [-0.15, -0.1) is 0 Å². The third-order valence-electron chi connectivity index (χ3n) is 3.12. The van der Waals surface area contributed by atoms with Crippen molar-refractivity contribution in [3.63, 3.8) is 0 Å². The van der Waals surface area contributed by atoms with Gasteiger partial charge in [-0.2, -0.15) is 0 Å². The number of hydrogen-bond acceptors (Lipinski definition) is 3. The largest absolute Gasteiger partial charge is 0.490 e. The molecule has 2 rings (SSSR count). The second kappa shape index (κ2) is 7.50. The van der Waals surface area contributed by atoms with E-state index in [-0.39, 0.29) is 5.91 Å². The van der Waals surface area contributed by atoms with E-state index in [0.717, 1.165) is 25.3 Å². The van der Waals surface area contributed by atoms with Crippen LogP contribution in [0.3, 0.4) is 0 Å². The average Bonchev–Trinajstić information content (AvgIpc) is 2.52. The van der Waals surface area contributed by atoms with Crippen LogP contribution in [0.15, 0.2) is 48.6 Å². The lowest BCUT2D eigenvalue weighted by Crippen LogP contribution is -2.29. The van der Waals surface area contributed by atoms with Gasteiger partial charge in [-0.3, -0.25) is 4.79 Å². The van der Waals surface area contributed by atoms with Crippen LogP contribution in [0.1, 0.15) is 16.8 Å². The van der Waals surface area contributed by atoms with Gasteiger partial charge in [0.25, 0.3) is 5.91 Å². The minimum atomic E-state index is -0.0558. The molecule has 4 heteroatoms. The molecule has 1 amide bonds. The molecule has 1 aliphatic heterocycles. The molecule has 0 saturated heterocycles. The number of carbonyl (C=O) groups excluding carboxylic acids is 1. The van der Waals surface area contributed by atoms with Gasteiger partial charge in [-0.1, -0.05) is 24.3 Å². The molecule has 1 aromatic carbocycles. The molecule has 0 aliphatic carbocycles. The highest BCUT2D eigenvalue weighted by Crippen LogP contribution is 2.12. The maximum absolute atomic E-state index is 12.0. The van der Waals surface area contributed by atoms with Gasteiger partial charge in [-0.05, 0) is 37.2 Å². The molecule has 0 radical (unpaired) electrons. The second-order valence-corrected chi connectivity index (χ2v) is 4.62. The van der Waals surface area contributed by atoms with Crippen LogP contribution in [-0.4, -0.2) is 32.1 Å². The van der Waals surface area contributed by atoms with Crippen LogP contribution in [0, 0.1) is 0 Å². The molecule has 4 nitrogen and oxygen atoms in total. The van der Waals surface area contributed by atoms with Crippen molar-refractivity contribution < 1.29 is 9.53 Å². The Labute approximate surface area is 119 Å². The fraction of sp³-hybridized carbons (Fsp3) is 0.312. The van der Waals surface area contributed by atoms with Crippen molar-refractivity contribution in [1.29, 1.82) is 0 Å². The van der Waals surface area contributed by atoms with Gasteiger partial charge in [0.1, 0.15) is 12.4 Å². The SMILES string of the molecule is C=CCOc1ccc(C(=O)NCC2=CCNCC2)cc1. The number of ether oxygens (including phenoxy) is 1. The lowest BCUT2D eigenvalue weighted by molar-refractivity contribution is 0.0956. The number of nitrogens with one attached hydrogen (secondary N) is 2. The van der Waals surface area contributed by atoms with E-state index in [2.05, 4.69) is 23.3 Å². The van der Waals surface area contributed by atoms with E-state index in [1.807, 2.05) is 0 Å². The number of amides is 1. The first-order valence-electron chi connectivity index (χ1n) is 6.80. The Hall–Kier alpha value is -2.07. The number of carbonyl (C=O) groups is 1. The van der Waals surface area contributed by atoms with Crippen molar-refractivity contribution >= 4 is 5.91 Å². The summed E-state index contributed by atoms with van der Waals surface area (Å²) >= 11 is 0. The van der Waals surface area contributed by atoms with Crippen molar-refractivity contribution in [2.75, 3.05) is 26.2 Å². The summed E-state index contributed by atoms with van der Waals surface area (Å²) in [6.45, 7) is 6.55. The second-order valence-electron chi connectivity index (χ2n) is 4.62. The molecule has 0 unspecified atom stereocenters. The third kappa shape index (κ3) is 4.24. The molecule has 2 N–H and O–H groups in total. The normalized spacial score (nSPS) is 14.3. The summed E-state index contributed by atoms with van der Waals surface area (Å²) in [6.07, 6.45) is 4.82. The minimum absolute atomic E-state index is 0.0558. The molecule has 0 fully saturated rings. The molecule has 106 valence electrons. The van der Waals surface area contributed by atoms with Crippen LogP contribution in [0.5, 0.6) is 5.75 Å². The topological polar surface area (TPSA) is 50.4 Å². The fourth-order valence-corrected chi connectivity index (χ4v) is 1.98. The molecule has 0 bridgehead atoms. The first-order valence-corrected chi connectivity index (χ1v) is 6.80. The minimum Gasteiger partial charge on any atom is -0.490 e. The molecule has 0 aromatic heterocycles. The quantitative estimate of drug-likeness (QED) is 0.778. The highest BCUT2D eigenvalue weighted by atomic mass is 16.5. The summed E-state index contributed by atoms with van der Waals surface area (Å²) in [5.74, 6) is 0.683. The van der Waals surface area contributed by atoms with Gasteiger partial charge in [-0.25, -0.2) is 0 Å². The smallest absolute Gasteiger partial charge is 0.251 e. The van der Waals surface area contributed by atoms with Crippen LogP contribution in [0.4, 0.5) is 0 Å². The van der Waals surface area contributed by atoms with Crippen molar-refractivity contribution in [2.45, 2.75) is 6.42 Å². The lowest BCUT2D eigenvalue weighted by Gasteiger charge is -2.14. The van der Waals surface area contributed by atoms with Crippen molar-refractivity contribution in [3.8, 4) is 5.75 Å². The van der Waals surface area contributed by atoms with Crippen LogP contribution in [0.2, 0.25) is 0 Å². The zero-order valence-electron chi connectivity index (χ0n) is 11.5. The summed E-state index contributed by atoms with van der Waals surface area (Å²) < 4.78 is 5.38. The number of benzene rings is 1. The van der Waals surface area contributed by atoms with E-state index >= 15 is 0 Å². The van der Waals surface area contributed by atoms with Crippen LogP contribution >= 0.6 is 0 Å². The maximum atomic E-state index is 12.0. The maximum Gasteiger partial charge on any atom is 0.251 e. The highest BCUT2D eigenvalue weighted by Gasteiger charge is 2.08. The van der Waals surface area contributed by atoms with E-state index in [9.17, 15) is 4.79 Å². The van der Waals surface area contributed by atoms with Gasteiger partial charge in [0.15, 0.2) is 0 Å². The summed E-state index contributed by atoms with van der Waals surface area (Å²) in [7, 11) is 0. The van der Waals surface area contributed by atoms with E-state index in [4.69, 9.17) is 4.74 Å². The Bertz CT molecular complexity index is 492. The fourth-order valence-electron chi connectivity index (χ4n) is 1.98. The highest BCUT2D eigenvalue weighted by molar-refractivity contribution is 5.94. The van der Waals surface area contributed by atoms with Gasteiger partial charge in [0.05, 0.1) is 0 Å². The van der Waals surface area contributed by atoms with Crippen LogP contribution < -0.4 is 15.4 Å². The summed E-state index contributed by atoms with van der Waals surface area (Å²) in [4.78, 5) is 12.0.